The number of pyridine rings is 1. The monoisotopic (exact) mass is 447 g/mol. The summed E-state index contributed by atoms with van der Waals surface area (Å²) in [5, 5.41) is 5.30. The summed E-state index contributed by atoms with van der Waals surface area (Å²) in [6.45, 7) is 3.57. The van der Waals surface area contributed by atoms with Crippen molar-refractivity contribution in [2.75, 3.05) is 26.5 Å². The van der Waals surface area contributed by atoms with Crippen LogP contribution in [0.5, 0.6) is 5.75 Å². The highest BCUT2D eigenvalue weighted by atomic mass is 79.9. The molecule has 3 aromatic rings. The van der Waals surface area contributed by atoms with Crippen molar-refractivity contribution in [1.29, 1.82) is 0 Å². The number of hydrogen-bond acceptors (Lipinski definition) is 4. The fourth-order valence-corrected chi connectivity index (χ4v) is 3.93. The predicted octanol–water partition coefficient (Wildman–Crippen LogP) is 5.64. The number of anilines is 1. The molecule has 0 saturated carbocycles. The number of hydrogen-bond donors (Lipinski definition) is 1. The topological polar surface area (TPSA) is 37.4 Å². The molecule has 6 heteroatoms. The average Bonchev–Trinajstić information content (AvgIpc) is 2.60. The minimum Gasteiger partial charge on any atom is -0.495 e. The maximum Gasteiger partial charge on any atom is 0.137 e. The molecule has 0 atom stereocenters. The lowest BCUT2D eigenvalue weighted by molar-refractivity contribution is 0.404. The quantitative estimate of drug-likeness (QED) is 0.529. The van der Waals surface area contributed by atoms with E-state index in [1.165, 1.54) is 5.56 Å². The number of aryl methyl sites for hydroxylation is 1. The summed E-state index contributed by atoms with van der Waals surface area (Å²) in [4.78, 5) is 6.85. The van der Waals surface area contributed by atoms with Gasteiger partial charge in [-0.2, -0.15) is 0 Å². The van der Waals surface area contributed by atoms with Crippen LogP contribution in [0.3, 0.4) is 0 Å². The second kappa shape index (κ2) is 8.46. The Balaban J connectivity index is 1.97. The van der Waals surface area contributed by atoms with E-state index < -0.39 is 0 Å². The first-order valence-corrected chi connectivity index (χ1v) is 9.85. The van der Waals surface area contributed by atoms with Crippen LogP contribution < -0.4 is 10.1 Å². The van der Waals surface area contributed by atoms with Crippen molar-refractivity contribution in [3.05, 3.63) is 62.7 Å². The highest BCUT2D eigenvalue weighted by Gasteiger charge is 2.12. The molecule has 27 heavy (non-hydrogen) atoms. The lowest BCUT2D eigenvalue weighted by Crippen LogP contribution is -2.12. The van der Waals surface area contributed by atoms with Gasteiger partial charge in [0.05, 0.1) is 17.6 Å². The van der Waals surface area contributed by atoms with Gasteiger partial charge in [0.1, 0.15) is 5.75 Å². The first-order chi connectivity index (χ1) is 12.9. The maximum absolute atomic E-state index is 6.25. The number of nitrogens with zero attached hydrogens (tertiary/aromatic N) is 2. The Hall–Kier alpha value is -1.82. The van der Waals surface area contributed by atoms with Crippen molar-refractivity contribution in [2.24, 2.45) is 0 Å². The molecule has 142 valence electrons. The van der Waals surface area contributed by atoms with Crippen molar-refractivity contribution < 1.29 is 4.74 Å². The summed E-state index contributed by atoms with van der Waals surface area (Å²) in [6, 6.07) is 10.1. The number of methoxy groups -OCH3 is 1. The first-order valence-electron chi connectivity index (χ1n) is 8.67. The molecule has 4 nitrogen and oxygen atoms in total. The van der Waals surface area contributed by atoms with Crippen molar-refractivity contribution in [1.82, 2.24) is 9.88 Å². The number of aromatic nitrogens is 1. The third-order valence-corrected chi connectivity index (χ3v) is 5.13. The van der Waals surface area contributed by atoms with E-state index in [1.54, 1.807) is 7.11 Å². The normalized spacial score (nSPS) is 11.2. The Morgan fingerprint density at radius 3 is 2.67 bits per heavy atom. The zero-order chi connectivity index (χ0) is 19.6. The van der Waals surface area contributed by atoms with Gasteiger partial charge < -0.3 is 15.0 Å². The smallest absolute Gasteiger partial charge is 0.137 e. The van der Waals surface area contributed by atoms with Gasteiger partial charge in [-0.25, -0.2) is 0 Å². The largest absolute Gasteiger partial charge is 0.495 e. The van der Waals surface area contributed by atoms with Crippen molar-refractivity contribution >= 4 is 44.1 Å². The van der Waals surface area contributed by atoms with E-state index >= 15 is 0 Å². The lowest BCUT2D eigenvalue weighted by atomic mass is 10.1. The van der Waals surface area contributed by atoms with E-state index in [1.807, 2.05) is 24.4 Å². The molecule has 3 rings (SSSR count). The molecule has 0 amide bonds. The van der Waals surface area contributed by atoms with Crippen molar-refractivity contribution in [3.63, 3.8) is 0 Å². The third-order valence-electron chi connectivity index (χ3n) is 4.38. The molecule has 0 aliphatic heterocycles. The van der Waals surface area contributed by atoms with E-state index in [4.69, 9.17) is 21.3 Å². The highest BCUT2D eigenvalue weighted by Crippen LogP contribution is 2.32. The van der Waals surface area contributed by atoms with Crippen molar-refractivity contribution in [3.8, 4) is 5.75 Å². The van der Waals surface area contributed by atoms with E-state index in [9.17, 15) is 0 Å². The fraction of sp³-hybridized carbons (Fsp3) is 0.286. The number of rotatable bonds is 6. The van der Waals surface area contributed by atoms with Gasteiger partial charge in [0.2, 0.25) is 0 Å². The number of halogens is 2. The molecular weight excluding hydrogens is 426 g/mol. The van der Waals surface area contributed by atoms with E-state index in [0.717, 1.165) is 38.7 Å². The molecule has 1 heterocycles. The van der Waals surface area contributed by atoms with Crippen LogP contribution in [0.25, 0.3) is 10.9 Å². The van der Waals surface area contributed by atoms with Crippen LogP contribution in [0.15, 0.2) is 41.0 Å². The van der Waals surface area contributed by atoms with Gasteiger partial charge in [-0.1, -0.05) is 33.6 Å². The summed E-state index contributed by atoms with van der Waals surface area (Å²) in [6.07, 6.45) is 1.93. The summed E-state index contributed by atoms with van der Waals surface area (Å²) < 4.78 is 6.28. The molecule has 0 fully saturated rings. The van der Waals surface area contributed by atoms with E-state index in [0.29, 0.717) is 17.3 Å². The molecular formula is C21H23BrClN3O. The average molecular weight is 449 g/mol. The molecule has 2 aromatic carbocycles. The summed E-state index contributed by atoms with van der Waals surface area (Å²) >= 11 is 9.90. The Kier molecular flexibility index (Phi) is 6.25. The van der Waals surface area contributed by atoms with Gasteiger partial charge >= 0.3 is 0 Å². The van der Waals surface area contributed by atoms with Crippen LogP contribution in [-0.2, 0) is 13.1 Å². The number of nitrogens with one attached hydrogen (secondary N) is 1. The second-order valence-corrected chi connectivity index (χ2v) is 8.16. The van der Waals surface area contributed by atoms with Crippen LogP contribution in [0.2, 0.25) is 5.02 Å². The first kappa shape index (κ1) is 19.9. The van der Waals surface area contributed by atoms with Gasteiger partial charge in [-0.15, -0.1) is 0 Å². The molecule has 0 radical (unpaired) electrons. The molecule has 1 aromatic heterocycles. The minimum atomic E-state index is 0.615. The molecule has 0 bridgehead atoms. The van der Waals surface area contributed by atoms with Crippen LogP contribution in [0.4, 0.5) is 5.69 Å². The Morgan fingerprint density at radius 2 is 2.00 bits per heavy atom. The van der Waals surface area contributed by atoms with Crippen molar-refractivity contribution in [2.45, 2.75) is 20.0 Å². The number of benzene rings is 2. The summed E-state index contributed by atoms with van der Waals surface area (Å²) in [5.74, 6) is 0.684. The van der Waals surface area contributed by atoms with Gasteiger partial charge in [0, 0.05) is 34.8 Å². The Morgan fingerprint density at radius 1 is 1.22 bits per heavy atom. The fourth-order valence-electron chi connectivity index (χ4n) is 3.14. The maximum atomic E-state index is 6.25. The molecule has 0 aliphatic carbocycles. The highest BCUT2D eigenvalue weighted by molar-refractivity contribution is 9.10. The number of fused-ring (bicyclic) bond motifs is 1. The standard InChI is InChI=1S/C21H23BrClN3O/c1-13-10-24-21-15(12-26(2)3)8-16(22)9-17(21)20(13)25-11-14-5-6-19(27-4)18(23)7-14/h5-10H,11-12H2,1-4H3,(H,24,25). The molecule has 1 N–H and O–H groups in total. The Labute approximate surface area is 173 Å². The lowest BCUT2D eigenvalue weighted by Gasteiger charge is -2.17. The molecule has 0 aliphatic rings. The molecule has 0 unspecified atom stereocenters. The van der Waals surface area contributed by atoms with Gasteiger partial charge in [0.25, 0.3) is 0 Å². The summed E-state index contributed by atoms with van der Waals surface area (Å²) in [7, 11) is 5.75. The van der Waals surface area contributed by atoms with Gasteiger partial charge in [0.15, 0.2) is 0 Å². The van der Waals surface area contributed by atoms with Crippen LogP contribution in [0.1, 0.15) is 16.7 Å². The van der Waals surface area contributed by atoms with E-state index in [-0.39, 0.29) is 0 Å². The van der Waals surface area contributed by atoms with Crippen LogP contribution in [-0.4, -0.2) is 31.1 Å². The SMILES string of the molecule is COc1ccc(CNc2c(C)cnc3c(CN(C)C)cc(Br)cc23)cc1Cl. The third kappa shape index (κ3) is 4.54. The minimum absolute atomic E-state index is 0.615. The molecule has 0 spiro atoms. The number of ether oxygens (including phenoxy) is 1. The van der Waals surface area contributed by atoms with Crippen LogP contribution in [0, 0.1) is 6.92 Å². The van der Waals surface area contributed by atoms with Crippen LogP contribution >= 0.6 is 27.5 Å². The zero-order valence-electron chi connectivity index (χ0n) is 15.9. The van der Waals surface area contributed by atoms with E-state index in [2.05, 4.69) is 59.3 Å². The van der Waals surface area contributed by atoms with Gasteiger partial charge in [-0.3, -0.25) is 4.98 Å². The Bertz CT molecular complexity index is 975. The second-order valence-electron chi connectivity index (χ2n) is 6.84. The molecule has 0 saturated heterocycles. The zero-order valence-corrected chi connectivity index (χ0v) is 18.3. The predicted molar refractivity (Wildman–Crippen MR) is 117 cm³/mol. The summed E-state index contributed by atoms with van der Waals surface area (Å²) in [5.41, 5.74) is 5.51. The van der Waals surface area contributed by atoms with Gasteiger partial charge in [-0.05, 0) is 62.0 Å².